The molecule has 0 unspecified atom stereocenters. The van der Waals surface area contributed by atoms with Gasteiger partial charge in [0.1, 0.15) is 0 Å². The Balaban J connectivity index is 1.77. The molecule has 8 heteroatoms. The lowest BCUT2D eigenvalue weighted by atomic mass is 10.1. The number of rotatable bonds is 4. The molecule has 138 valence electrons. The van der Waals surface area contributed by atoms with Crippen molar-refractivity contribution in [1.82, 2.24) is 4.90 Å². The number of halogens is 1. The van der Waals surface area contributed by atoms with Crippen molar-refractivity contribution >= 4 is 44.5 Å². The Hall–Kier alpha value is -0.890. The lowest BCUT2D eigenvalue weighted by Crippen LogP contribution is -2.47. The molecular weight excluding hydrogens is 380 g/mol. The number of nitrogens with one attached hydrogen (secondary N) is 1. The highest BCUT2D eigenvalue weighted by Gasteiger charge is 2.35. The Morgan fingerprint density at radius 1 is 1.44 bits per heavy atom. The third-order valence-electron chi connectivity index (χ3n) is 4.84. The van der Waals surface area contributed by atoms with Crippen molar-refractivity contribution < 1.29 is 13.2 Å². The Bertz CT molecular complexity index is 748. The predicted molar refractivity (Wildman–Crippen MR) is 105 cm³/mol. The first kappa shape index (κ1) is 18.9. The zero-order valence-electron chi connectivity index (χ0n) is 14.2. The second kappa shape index (κ2) is 7.78. The van der Waals surface area contributed by atoms with Crippen LogP contribution < -0.4 is 5.32 Å². The molecule has 0 amide bonds. The van der Waals surface area contributed by atoms with E-state index in [2.05, 4.69) is 5.32 Å². The summed E-state index contributed by atoms with van der Waals surface area (Å²) in [5.74, 6) is 0.370. The van der Waals surface area contributed by atoms with Crippen LogP contribution >= 0.6 is 23.8 Å². The number of thiocarbonyl (C=S) groups is 1. The van der Waals surface area contributed by atoms with Gasteiger partial charge in [-0.05, 0) is 56.1 Å². The summed E-state index contributed by atoms with van der Waals surface area (Å²) in [6, 6.07) is 5.51. The number of sulfone groups is 1. The summed E-state index contributed by atoms with van der Waals surface area (Å²) in [6.45, 7) is 3.30. The lowest BCUT2D eigenvalue weighted by molar-refractivity contribution is 0.0851. The van der Waals surface area contributed by atoms with Gasteiger partial charge in [-0.25, -0.2) is 8.42 Å². The van der Waals surface area contributed by atoms with E-state index >= 15 is 0 Å². The van der Waals surface area contributed by atoms with Crippen LogP contribution in [0.15, 0.2) is 18.2 Å². The SMILES string of the molecule is Cc1c(Cl)cccc1NC(=S)N(C[C@H]1CCCO1)[C@@H]1CCS(=O)(=O)C1. The normalized spacial score (nSPS) is 25.0. The van der Waals surface area contributed by atoms with Crippen LogP contribution in [-0.2, 0) is 14.6 Å². The van der Waals surface area contributed by atoms with Gasteiger partial charge in [0.05, 0.1) is 17.6 Å². The van der Waals surface area contributed by atoms with E-state index in [1.54, 1.807) is 0 Å². The molecule has 1 aromatic carbocycles. The van der Waals surface area contributed by atoms with Crippen molar-refractivity contribution in [3.05, 3.63) is 28.8 Å². The van der Waals surface area contributed by atoms with Gasteiger partial charge in [-0.2, -0.15) is 0 Å². The highest BCUT2D eigenvalue weighted by molar-refractivity contribution is 7.91. The molecule has 3 rings (SSSR count). The fraction of sp³-hybridized carbons (Fsp3) is 0.588. The van der Waals surface area contributed by atoms with Crippen LogP contribution in [0.5, 0.6) is 0 Å². The van der Waals surface area contributed by atoms with Crippen LogP contribution in [-0.4, -0.2) is 55.2 Å². The van der Waals surface area contributed by atoms with Gasteiger partial charge in [0.15, 0.2) is 14.9 Å². The van der Waals surface area contributed by atoms with Crippen LogP contribution in [0.1, 0.15) is 24.8 Å². The Morgan fingerprint density at radius 3 is 2.88 bits per heavy atom. The van der Waals surface area contributed by atoms with E-state index in [-0.39, 0.29) is 23.7 Å². The van der Waals surface area contributed by atoms with Crippen LogP contribution in [0.4, 0.5) is 5.69 Å². The van der Waals surface area contributed by atoms with Gasteiger partial charge in [-0.1, -0.05) is 17.7 Å². The number of ether oxygens (including phenoxy) is 1. The summed E-state index contributed by atoms with van der Waals surface area (Å²) in [4.78, 5) is 2.00. The molecule has 5 nitrogen and oxygen atoms in total. The Labute approximate surface area is 159 Å². The summed E-state index contributed by atoms with van der Waals surface area (Å²) in [5, 5.41) is 4.45. The fourth-order valence-corrected chi connectivity index (χ4v) is 5.60. The van der Waals surface area contributed by atoms with Gasteiger partial charge < -0.3 is 15.0 Å². The molecule has 0 saturated carbocycles. The monoisotopic (exact) mass is 402 g/mol. The maximum absolute atomic E-state index is 11.9. The minimum Gasteiger partial charge on any atom is -0.376 e. The van der Waals surface area contributed by atoms with Crippen molar-refractivity contribution in [3.8, 4) is 0 Å². The number of hydrogen-bond donors (Lipinski definition) is 1. The Morgan fingerprint density at radius 2 is 2.24 bits per heavy atom. The molecule has 1 N–H and O–H groups in total. The standard InChI is InChI=1S/C17H23ClN2O3S2/c1-12-15(18)5-2-6-16(12)19-17(24)20(10-14-4-3-8-23-14)13-7-9-25(21,22)11-13/h2,5-6,13-14H,3-4,7-11H2,1H3,(H,19,24)/t13-,14-/m1/s1. The first-order valence-corrected chi connectivity index (χ1v) is 11.1. The maximum Gasteiger partial charge on any atom is 0.173 e. The molecule has 2 saturated heterocycles. The maximum atomic E-state index is 11.9. The number of hydrogen-bond acceptors (Lipinski definition) is 4. The smallest absolute Gasteiger partial charge is 0.173 e. The molecule has 2 atom stereocenters. The zero-order chi connectivity index (χ0) is 18.0. The van der Waals surface area contributed by atoms with E-state index in [1.807, 2.05) is 30.0 Å². The third kappa shape index (κ3) is 4.64. The van der Waals surface area contributed by atoms with Gasteiger partial charge >= 0.3 is 0 Å². The van der Waals surface area contributed by atoms with E-state index in [9.17, 15) is 8.42 Å². The summed E-state index contributed by atoms with van der Waals surface area (Å²) in [6.07, 6.45) is 2.72. The van der Waals surface area contributed by atoms with Crippen LogP contribution in [0.25, 0.3) is 0 Å². The molecule has 0 radical (unpaired) electrons. The molecule has 0 aromatic heterocycles. The topological polar surface area (TPSA) is 58.6 Å². The lowest BCUT2D eigenvalue weighted by Gasteiger charge is -2.33. The van der Waals surface area contributed by atoms with Gasteiger partial charge in [-0.3, -0.25) is 0 Å². The molecule has 0 bridgehead atoms. The molecule has 0 aliphatic carbocycles. The van der Waals surface area contributed by atoms with E-state index in [1.165, 1.54) is 0 Å². The van der Waals surface area contributed by atoms with Crippen LogP contribution in [0.2, 0.25) is 5.02 Å². The van der Waals surface area contributed by atoms with Crippen LogP contribution in [0.3, 0.4) is 0 Å². The quantitative estimate of drug-likeness (QED) is 0.781. The number of anilines is 1. The molecule has 2 aliphatic rings. The summed E-state index contributed by atoms with van der Waals surface area (Å²) in [7, 11) is -2.99. The summed E-state index contributed by atoms with van der Waals surface area (Å²) in [5.41, 5.74) is 1.76. The summed E-state index contributed by atoms with van der Waals surface area (Å²) < 4.78 is 29.6. The van der Waals surface area contributed by atoms with Gasteiger partial charge in [0.2, 0.25) is 0 Å². The number of benzene rings is 1. The largest absolute Gasteiger partial charge is 0.376 e. The first-order valence-electron chi connectivity index (χ1n) is 8.50. The van der Waals surface area contributed by atoms with Crippen molar-refractivity contribution in [3.63, 3.8) is 0 Å². The average Bonchev–Trinajstić information content (AvgIpc) is 3.18. The molecule has 2 heterocycles. The van der Waals surface area contributed by atoms with Gasteiger partial charge in [-0.15, -0.1) is 0 Å². The minimum absolute atomic E-state index is 0.100. The average molecular weight is 403 g/mol. The van der Waals surface area contributed by atoms with E-state index in [0.717, 1.165) is 30.7 Å². The molecule has 0 spiro atoms. The van der Waals surface area contributed by atoms with Crippen molar-refractivity contribution in [2.24, 2.45) is 0 Å². The zero-order valence-corrected chi connectivity index (χ0v) is 16.6. The predicted octanol–water partition coefficient (Wildman–Crippen LogP) is 3.01. The van der Waals surface area contributed by atoms with Crippen molar-refractivity contribution in [1.29, 1.82) is 0 Å². The van der Waals surface area contributed by atoms with Crippen molar-refractivity contribution in [2.75, 3.05) is 30.0 Å². The summed E-state index contributed by atoms with van der Waals surface area (Å²) >= 11 is 11.8. The van der Waals surface area contributed by atoms with E-state index < -0.39 is 9.84 Å². The highest BCUT2D eigenvalue weighted by Crippen LogP contribution is 2.26. The van der Waals surface area contributed by atoms with E-state index in [0.29, 0.717) is 23.1 Å². The fourth-order valence-electron chi connectivity index (χ4n) is 3.36. The van der Waals surface area contributed by atoms with Crippen molar-refractivity contribution in [2.45, 2.75) is 38.3 Å². The number of nitrogens with zero attached hydrogens (tertiary/aromatic N) is 1. The van der Waals surface area contributed by atoms with Gasteiger partial charge in [0.25, 0.3) is 0 Å². The highest BCUT2D eigenvalue weighted by atomic mass is 35.5. The van der Waals surface area contributed by atoms with Gasteiger partial charge in [0, 0.05) is 29.9 Å². The van der Waals surface area contributed by atoms with E-state index in [4.69, 9.17) is 28.6 Å². The third-order valence-corrected chi connectivity index (χ3v) is 7.34. The molecule has 1 aromatic rings. The molecule has 2 fully saturated rings. The first-order chi connectivity index (χ1) is 11.9. The second-order valence-electron chi connectivity index (χ2n) is 6.69. The van der Waals surface area contributed by atoms with Crippen LogP contribution in [0, 0.1) is 6.92 Å². The molecule has 2 aliphatic heterocycles. The second-order valence-corrected chi connectivity index (χ2v) is 9.71. The Kier molecular flexibility index (Phi) is 5.88. The molecule has 25 heavy (non-hydrogen) atoms. The molecular formula is C17H23ClN2O3S2. The minimum atomic E-state index is -2.99.